The minimum atomic E-state index is -4.58. The normalized spacial score (nSPS) is 11.4. The molecule has 10 heteroatoms. The highest BCUT2D eigenvalue weighted by Crippen LogP contribution is 2.36. The second-order valence-electron chi connectivity index (χ2n) is 6.12. The number of hydrogen-bond acceptors (Lipinski definition) is 5. The van der Waals surface area contributed by atoms with Crippen LogP contribution >= 0.6 is 11.6 Å². The Labute approximate surface area is 173 Å². The second-order valence-corrected chi connectivity index (χ2v) is 6.55. The van der Waals surface area contributed by atoms with Crippen LogP contribution in [0, 0.1) is 0 Å². The van der Waals surface area contributed by atoms with Crippen molar-refractivity contribution in [3.63, 3.8) is 0 Å². The van der Waals surface area contributed by atoms with E-state index in [4.69, 9.17) is 16.3 Å². The lowest BCUT2D eigenvalue weighted by atomic mass is 10.1. The van der Waals surface area contributed by atoms with Gasteiger partial charge in [-0.2, -0.15) is 13.2 Å². The van der Waals surface area contributed by atoms with Crippen LogP contribution in [0.25, 0.3) is 10.9 Å². The quantitative estimate of drug-likeness (QED) is 0.509. The Hall–Kier alpha value is -3.33. The number of pyridine rings is 1. The lowest BCUT2D eigenvalue weighted by Crippen LogP contribution is -2.11. The highest BCUT2D eigenvalue weighted by molar-refractivity contribution is 6.31. The number of anilines is 2. The van der Waals surface area contributed by atoms with Gasteiger partial charge >= 0.3 is 18.1 Å². The summed E-state index contributed by atoms with van der Waals surface area (Å²) >= 11 is 5.97. The summed E-state index contributed by atoms with van der Waals surface area (Å²) in [5.74, 6) is -2.03. The van der Waals surface area contributed by atoms with Gasteiger partial charge in [-0.3, -0.25) is 4.98 Å². The van der Waals surface area contributed by atoms with E-state index in [2.05, 4.69) is 10.3 Å². The zero-order valence-corrected chi connectivity index (χ0v) is 16.1. The average Bonchev–Trinajstić information content (AvgIpc) is 2.67. The fourth-order valence-electron chi connectivity index (χ4n) is 2.81. The minimum absolute atomic E-state index is 0.0423. The number of carbonyl (C=O) groups excluding carboxylic acids is 1. The summed E-state index contributed by atoms with van der Waals surface area (Å²) in [5, 5.41) is 12.6. The fraction of sp³-hybridized carbons (Fsp3) is 0.150. The van der Waals surface area contributed by atoms with E-state index in [0.717, 1.165) is 24.4 Å². The van der Waals surface area contributed by atoms with Crippen LogP contribution in [0.4, 0.5) is 24.5 Å². The van der Waals surface area contributed by atoms with E-state index in [0.29, 0.717) is 0 Å². The molecule has 0 spiro atoms. The molecular weight excluding hydrogens is 425 g/mol. The first-order valence-corrected chi connectivity index (χ1v) is 8.96. The van der Waals surface area contributed by atoms with E-state index in [1.165, 1.54) is 18.2 Å². The number of aromatic carboxylic acids is 1. The van der Waals surface area contributed by atoms with Crippen molar-refractivity contribution in [2.45, 2.75) is 13.1 Å². The van der Waals surface area contributed by atoms with Crippen molar-refractivity contribution in [2.24, 2.45) is 0 Å². The predicted octanol–water partition coefficient (Wildman–Crippen LogP) is 5.53. The summed E-state index contributed by atoms with van der Waals surface area (Å²) in [5.41, 5.74) is -1.07. The summed E-state index contributed by atoms with van der Waals surface area (Å²) in [4.78, 5) is 27.9. The molecule has 0 aliphatic heterocycles. The van der Waals surface area contributed by atoms with Gasteiger partial charge in [0.25, 0.3) is 0 Å². The number of carboxylic acid groups (broad SMARTS) is 1. The number of alkyl halides is 3. The average molecular weight is 439 g/mol. The monoisotopic (exact) mass is 438 g/mol. The van der Waals surface area contributed by atoms with Crippen molar-refractivity contribution in [3.8, 4) is 0 Å². The fourth-order valence-corrected chi connectivity index (χ4v) is 2.98. The SMILES string of the molecule is CCOC(=O)c1cnc2cc(C(F)(F)F)ccc2c1Nc1cc(Cl)ccc1C(=O)O. The van der Waals surface area contributed by atoms with E-state index < -0.39 is 23.7 Å². The van der Waals surface area contributed by atoms with Gasteiger partial charge in [0.2, 0.25) is 0 Å². The third-order valence-electron chi connectivity index (χ3n) is 4.16. The summed E-state index contributed by atoms with van der Waals surface area (Å²) in [6.45, 7) is 1.65. The van der Waals surface area contributed by atoms with Crippen LogP contribution in [0.15, 0.2) is 42.6 Å². The van der Waals surface area contributed by atoms with E-state index in [1.54, 1.807) is 6.92 Å². The lowest BCUT2D eigenvalue weighted by Gasteiger charge is -2.16. The molecule has 3 rings (SSSR count). The van der Waals surface area contributed by atoms with Gasteiger partial charge in [-0.25, -0.2) is 9.59 Å². The third kappa shape index (κ3) is 4.30. The number of hydrogen-bond donors (Lipinski definition) is 2. The van der Waals surface area contributed by atoms with Gasteiger partial charge < -0.3 is 15.2 Å². The highest BCUT2D eigenvalue weighted by atomic mass is 35.5. The topological polar surface area (TPSA) is 88.5 Å². The van der Waals surface area contributed by atoms with Gasteiger partial charge in [0.15, 0.2) is 0 Å². The lowest BCUT2D eigenvalue weighted by molar-refractivity contribution is -0.137. The first kappa shape index (κ1) is 21.4. The van der Waals surface area contributed by atoms with Crippen LogP contribution in [0.1, 0.15) is 33.2 Å². The van der Waals surface area contributed by atoms with Crippen LogP contribution in [0.2, 0.25) is 5.02 Å². The molecule has 3 aromatic rings. The molecule has 0 amide bonds. The molecule has 0 saturated heterocycles. The first-order valence-electron chi connectivity index (χ1n) is 8.58. The molecule has 1 heterocycles. The minimum Gasteiger partial charge on any atom is -0.478 e. The third-order valence-corrected chi connectivity index (χ3v) is 4.40. The molecule has 0 atom stereocenters. The maximum atomic E-state index is 13.1. The number of ether oxygens (including phenoxy) is 1. The molecule has 6 nitrogen and oxygen atoms in total. The van der Waals surface area contributed by atoms with E-state index >= 15 is 0 Å². The molecule has 0 radical (unpaired) electrons. The molecule has 0 fully saturated rings. The van der Waals surface area contributed by atoms with Gasteiger partial charge in [0.1, 0.15) is 5.56 Å². The molecule has 0 unspecified atom stereocenters. The Bertz CT molecular complexity index is 1150. The Morgan fingerprint density at radius 2 is 1.90 bits per heavy atom. The number of carbonyl (C=O) groups is 2. The predicted molar refractivity (Wildman–Crippen MR) is 104 cm³/mol. The van der Waals surface area contributed by atoms with Crippen LogP contribution < -0.4 is 5.32 Å². The first-order chi connectivity index (χ1) is 14.1. The second kappa shape index (κ2) is 8.19. The number of esters is 1. The van der Waals surface area contributed by atoms with Gasteiger partial charge in [0, 0.05) is 16.6 Å². The van der Waals surface area contributed by atoms with Crippen molar-refractivity contribution >= 4 is 45.8 Å². The Kier molecular flexibility index (Phi) is 5.84. The molecule has 156 valence electrons. The smallest absolute Gasteiger partial charge is 0.416 e. The molecule has 2 aromatic carbocycles. The maximum absolute atomic E-state index is 13.1. The molecule has 2 N–H and O–H groups in total. The molecule has 30 heavy (non-hydrogen) atoms. The highest BCUT2D eigenvalue weighted by Gasteiger charge is 2.31. The molecular formula is C20H14ClF3N2O4. The Morgan fingerprint density at radius 1 is 1.17 bits per heavy atom. The van der Waals surface area contributed by atoms with Crippen molar-refractivity contribution in [1.29, 1.82) is 0 Å². The number of benzene rings is 2. The number of carboxylic acids is 1. The van der Waals surface area contributed by atoms with Crippen molar-refractivity contribution in [2.75, 3.05) is 11.9 Å². The summed E-state index contributed by atoms with van der Waals surface area (Å²) in [6.07, 6.45) is -3.50. The number of fused-ring (bicyclic) bond motifs is 1. The largest absolute Gasteiger partial charge is 0.478 e. The van der Waals surface area contributed by atoms with Crippen molar-refractivity contribution in [3.05, 3.63) is 64.3 Å². The summed E-state index contributed by atoms with van der Waals surface area (Å²) < 4.78 is 44.2. The van der Waals surface area contributed by atoms with Gasteiger partial charge in [-0.05, 0) is 37.3 Å². The van der Waals surface area contributed by atoms with Crippen LogP contribution in [0.3, 0.4) is 0 Å². The molecule has 0 aliphatic carbocycles. The van der Waals surface area contributed by atoms with Gasteiger partial charge in [-0.1, -0.05) is 17.7 Å². The van der Waals surface area contributed by atoms with E-state index in [1.807, 2.05) is 0 Å². The van der Waals surface area contributed by atoms with Crippen LogP contribution in [-0.4, -0.2) is 28.6 Å². The number of nitrogens with one attached hydrogen (secondary N) is 1. The van der Waals surface area contributed by atoms with Crippen molar-refractivity contribution < 1.29 is 32.6 Å². The van der Waals surface area contributed by atoms with Gasteiger partial charge in [-0.15, -0.1) is 0 Å². The van der Waals surface area contributed by atoms with Crippen LogP contribution in [0.5, 0.6) is 0 Å². The number of rotatable bonds is 5. The number of aromatic nitrogens is 1. The zero-order chi connectivity index (χ0) is 22.1. The standard InChI is InChI=1S/C20H14ClF3N2O4/c1-2-30-19(29)14-9-25-15-7-10(20(22,23)24)3-5-12(15)17(14)26-16-8-11(21)4-6-13(16)18(27)28/h3-9H,2H2,1H3,(H,25,26)(H,27,28). The molecule has 0 bridgehead atoms. The maximum Gasteiger partial charge on any atom is 0.416 e. The van der Waals surface area contributed by atoms with E-state index in [-0.39, 0.29) is 45.0 Å². The molecule has 1 aromatic heterocycles. The Morgan fingerprint density at radius 3 is 2.53 bits per heavy atom. The van der Waals surface area contributed by atoms with E-state index in [9.17, 15) is 27.9 Å². The number of halogens is 4. The summed E-state index contributed by atoms with van der Waals surface area (Å²) in [6, 6.07) is 6.81. The van der Waals surface area contributed by atoms with Gasteiger partial charge in [0.05, 0.1) is 34.6 Å². The van der Waals surface area contributed by atoms with Crippen molar-refractivity contribution in [1.82, 2.24) is 4.98 Å². The molecule has 0 saturated carbocycles. The summed E-state index contributed by atoms with van der Waals surface area (Å²) in [7, 11) is 0. The Balaban J connectivity index is 2.24. The molecule has 0 aliphatic rings. The zero-order valence-electron chi connectivity index (χ0n) is 15.4. The number of nitrogens with zero attached hydrogens (tertiary/aromatic N) is 1. The van der Waals surface area contributed by atoms with Crippen LogP contribution in [-0.2, 0) is 10.9 Å².